The molecule has 0 radical (unpaired) electrons. The Kier molecular flexibility index (Phi) is 5.03. The number of hydrogen-bond donors (Lipinski definition) is 2. The number of nitrogens with one attached hydrogen (secondary N) is 2. The van der Waals surface area contributed by atoms with Gasteiger partial charge in [0.1, 0.15) is 4.88 Å². The second-order valence-electron chi connectivity index (χ2n) is 5.13. The van der Waals surface area contributed by atoms with E-state index < -0.39 is 0 Å². The van der Waals surface area contributed by atoms with Crippen LogP contribution in [0.5, 0.6) is 0 Å². The van der Waals surface area contributed by atoms with Gasteiger partial charge in [0.25, 0.3) is 11.8 Å². The number of terminal acetylenes is 1. The number of thiophene rings is 1. The number of anilines is 1. The third kappa shape index (κ3) is 3.50. The minimum Gasteiger partial charge on any atom is -0.341 e. The van der Waals surface area contributed by atoms with Crippen molar-refractivity contribution < 1.29 is 9.59 Å². The van der Waals surface area contributed by atoms with E-state index in [4.69, 9.17) is 18.0 Å². The SMILES string of the molecule is C#CCNC(=O)c1ccccc1NC(=O)c1sc2ccccc2c1Cl. The van der Waals surface area contributed by atoms with Crippen LogP contribution in [0.2, 0.25) is 5.02 Å². The van der Waals surface area contributed by atoms with E-state index in [-0.39, 0.29) is 18.4 Å². The van der Waals surface area contributed by atoms with Gasteiger partial charge in [0.15, 0.2) is 0 Å². The van der Waals surface area contributed by atoms with Crippen LogP contribution in [0.15, 0.2) is 48.5 Å². The van der Waals surface area contributed by atoms with Gasteiger partial charge in [0.05, 0.1) is 22.8 Å². The van der Waals surface area contributed by atoms with E-state index in [1.165, 1.54) is 11.3 Å². The van der Waals surface area contributed by atoms with Crippen molar-refractivity contribution in [3.8, 4) is 12.3 Å². The van der Waals surface area contributed by atoms with E-state index >= 15 is 0 Å². The molecule has 2 N–H and O–H groups in total. The van der Waals surface area contributed by atoms with Gasteiger partial charge in [-0.3, -0.25) is 9.59 Å². The Morgan fingerprint density at radius 1 is 1.08 bits per heavy atom. The molecule has 0 aliphatic heterocycles. The number of benzene rings is 2. The van der Waals surface area contributed by atoms with Crippen LogP contribution in [0.1, 0.15) is 20.0 Å². The zero-order valence-corrected chi connectivity index (χ0v) is 14.6. The van der Waals surface area contributed by atoms with Gasteiger partial charge in [-0.1, -0.05) is 47.9 Å². The lowest BCUT2D eigenvalue weighted by Gasteiger charge is -2.10. The van der Waals surface area contributed by atoms with Gasteiger partial charge in [0, 0.05) is 10.1 Å². The smallest absolute Gasteiger partial charge is 0.267 e. The first-order valence-corrected chi connectivity index (χ1v) is 8.60. The minimum absolute atomic E-state index is 0.114. The van der Waals surface area contributed by atoms with Crippen LogP contribution in [0, 0.1) is 12.3 Å². The fraction of sp³-hybridized carbons (Fsp3) is 0.0526. The lowest BCUT2D eigenvalue weighted by atomic mass is 10.1. The summed E-state index contributed by atoms with van der Waals surface area (Å²) in [6, 6.07) is 14.3. The average molecular weight is 369 g/mol. The molecule has 1 aromatic heterocycles. The van der Waals surface area contributed by atoms with Crippen LogP contribution in [0.25, 0.3) is 10.1 Å². The molecular formula is C19H13ClN2O2S. The fourth-order valence-corrected chi connectivity index (χ4v) is 3.77. The largest absolute Gasteiger partial charge is 0.341 e. The molecule has 0 aliphatic carbocycles. The average Bonchev–Trinajstić information content (AvgIpc) is 2.97. The quantitative estimate of drug-likeness (QED) is 0.679. The number of para-hydroxylation sites is 1. The van der Waals surface area contributed by atoms with Crippen molar-refractivity contribution in [2.45, 2.75) is 0 Å². The van der Waals surface area contributed by atoms with Crippen molar-refractivity contribution in [2.75, 3.05) is 11.9 Å². The Morgan fingerprint density at radius 2 is 1.80 bits per heavy atom. The van der Waals surface area contributed by atoms with E-state index in [0.717, 1.165) is 10.1 Å². The number of fused-ring (bicyclic) bond motifs is 1. The Balaban J connectivity index is 1.89. The van der Waals surface area contributed by atoms with Gasteiger partial charge in [-0.05, 0) is 18.2 Å². The number of carbonyl (C=O) groups excluding carboxylic acids is 2. The van der Waals surface area contributed by atoms with Crippen LogP contribution >= 0.6 is 22.9 Å². The van der Waals surface area contributed by atoms with Crippen molar-refractivity contribution in [3.05, 3.63) is 64.0 Å². The summed E-state index contributed by atoms with van der Waals surface area (Å²) >= 11 is 7.65. The molecule has 3 rings (SSSR count). The second-order valence-corrected chi connectivity index (χ2v) is 6.56. The Bertz CT molecular complexity index is 1000. The van der Waals surface area contributed by atoms with Crippen LogP contribution < -0.4 is 10.6 Å². The standard InChI is InChI=1S/C19H13ClN2O2S/c1-2-11-21-18(23)12-7-3-5-9-14(12)22-19(24)17-16(20)13-8-4-6-10-15(13)25-17/h1,3-10H,11H2,(H,21,23)(H,22,24). The summed E-state index contributed by atoms with van der Waals surface area (Å²) in [6.45, 7) is 0.114. The molecule has 3 aromatic rings. The lowest BCUT2D eigenvalue weighted by molar-refractivity contribution is 0.0959. The minimum atomic E-state index is -0.358. The van der Waals surface area contributed by atoms with Crippen molar-refractivity contribution in [1.29, 1.82) is 0 Å². The number of amides is 2. The molecule has 0 unspecified atom stereocenters. The summed E-state index contributed by atoms with van der Waals surface area (Å²) in [5.41, 5.74) is 0.735. The highest BCUT2D eigenvalue weighted by atomic mass is 35.5. The maximum atomic E-state index is 12.6. The molecule has 2 aromatic carbocycles. The van der Waals surface area contributed by atoms with Crippen molar-refractivity contribution >= 4 is 50.5 Å². The fourth-order valence-electron chi connectivity index (χ4n) is 2.36. The van der Waals surface area contributed by atoms with Crippen LogP contribution in [0.3, 0.4) is 0 Å². The molecule has 0 fully saturated rings. The van der Waals surface area contributed by atoms with Crippen molar-refractivity contribution in [1.82, 2.24) is 5.32 Å². The molecule has 25 heavy (non-hydrogen) atoms. The molecule has 0 atom stereocenters. The number of halogens is 1. The lowest BCUT2D eigenvalue weighted by Crippen LogP contribution is -2.25. The second kappa shape index (κ2) is 7.39. The molecule has 4 nitrogen and oxygen atoms in total. The summed E-state index contributed by atoms with van der Waals surface area (Å²) in [5.74, 6) is 1.63. The Hall–Kier alpha value is -2.81. The topological polar surface area (TPSA) is 58.2 Å². The zero-order chi connectivity index (χ0) is 17.8. The molecule has 0 bridgehead atoms. The van der Waals surface area contributed by atoms with Gasteiger partial charge in [0.2, 0.25) is 0 Å². The summed E-state index contributed by atoms with van der Waals surface area (Å²) < 4.78 is 0.928. The monoisotopic (exact) mass is 368 g/mol. The Morgan fingerprint density at radius 3 is 2.56 bits per heavy atom. The zero-order valence-electron chi connectivity index (χ0n) is 13.0. The first-order valence-electron chi connectivity index (χ1n) is 7.41. The van der Waals surface area contributed by atoms with Gasteiger partial charge in [-0.25, -0.2) is 0 Å². The summed E-state index contributed by atoms with van der Waals surface area (Å²) in [4.78, 5) is 25.2. The third-order valence-electron chi connectivity index (χ3n) is 3.51. The van der Waals surface area contributed by atoms with Crippen LogP contribution in [-0.2, 0) is 0 Å². The van der Waals surface area contributed by atoms with Gasteiger partial charge < -0.3 is 10.6 Å². The summed E-state index contributed by atoms with van der Waals surface area (Å²) in [5, 5.41) is 6.59. The van der Waals surface area contributed by atoms with E-state index in [0.29, 0.717) is 21.2 Å². The highest BCUT2D eigenvalue weighted by Crippen LogP contribution is 2.35. The molecular weight excluding hydrogens is 356 g/mol. The maximum Gasteiger partial charge on any atom is 0.267 e. The maximum absolute atomic E-state index is 12.6. The van der Waals surface area contributed by atoms with Crippen molar-refractivity contribution in [3.63, 3.8) is 0 Å². The Labute approximate surface area is 153 Å². The highest BCUT2D eigenvalue weighted by molar-refractivity contribution is 7.21. The van der Waals surface area contributed by atoms with E-state index in [1.54, 1.807) is 24.3 Å². The third-order valence-corrected chi connectivity index (χ3v) is 5.19. The summed E-state index contributed by atoms with van der Waals surface area (Å²) in [6.07, 6.45) is 5.16. The number of rotatable bonds is 4. The predicted octanol–water partition coefficient (Wildman–Crippen LogP) is 4.17. The number of carbonyl (C=O) groups is 2. The van der Waals surface area contributed by atoms with E-state index in [1.807, 2.05) is 24.3 Å². The van der Waals surface area contributed by atoms with E-state index in [2.05, 4.69) is 16.6 Å². The summed E-state index contributed by atoms with van der Waals surface area (Å²) in [7, 11) is 0. The molecule has 6 heteroatoms. The van der Waals surface area contributed by atoms with Gasteiger partial charge in [-0.2, -0.15) is 0 Å². The first kappa shape index (κ1) is 17.0. The first-order chi connectivity index (χ1) is 12.1. The van der Waals surface area contributed by atoms with Crippen LogP contribution in [-0.4, -0.2) is 18.4 Å². The highest BCUT2D eigenvalue weighted by Gasteiger charge is 2.19. The molecule has 0 saturated carbocycles. The van der Waals surface area contributed by atoms with Crippen molar-refractivity contribution in [2.24, 2.45) is 0 Å². The van der Waals surface area contributed by atoms with E-state index in [9.17, 15) is 9.59 Å². The predicted molar refractivity (Wildman–Crippen MR) is 102 cm³/mol. The normalized spacial score (nSPS) is 10.2. The molecule has 124 valence electrons. The van der Waals surface area contributed by atoms with Crippen LogP contribution in [0.4, 0.5) is 5.69 Å². The molecule has 0 spiro atoms. The van der Waals surface area contributed by atoms with Gasteiger partial charge in [-0.15, -0.1) is 17.8 Å². The molecule has 2 amide bonds. The molecule has 0 aliphatic rings. The van der Waals surface area contributed by atoms with Gasteiger partial charge >= 0.3 is 0 Å². The molecule has 0 saturated heterocycles. The molecule has 1 heterocycles. The number of hydrogen-bond acceptors (Lipinski definition) is 3.